The SMILES string of the molecule is c1ccc(-c2ccc(-n3c4ccccc4c4cc(-c5ccc6nc(-c7ccccc7)nc(-c7ccccc7)c6c5)ccc43)cc2)cc1. The van der Waals surface area contributed by atoms with Gasteiger partial charge in [0.25, 0.3) is 0 Å². The minimum atomic E-state index is 0.732. The third kappa shape index (κ3) is 4.77. The van der Waals surface area contributed by atoms with Crippen molar-refractivity contribution >= 4 is 32.7 Å². The largest absolute Gasteiger partial charge is 0.309 e. The van der Waals surface area contributed by atoms with E-state index in [1.807, 2.05) is 24.3 Å². The third-order valence-corrected chi connectivity index (χ3v) is 9.01. The summed E-state index contributed by atoms with van der Waals surface area (Å²) >= 11 is 0. The first-order chi connectivity index (χ1) is 23.3. The van der Waals surface area contributed by atoms with Crippen LogP contribution in [-0.2, 0) is 0 Å². The minimum absolute atomic E-state index is 0.732. The molecular formula is C44H29N3. The van der Waals surface area contributed by atoms with E-state index in [-0.39, 0.29) is 0 Å². The molecule has 2 aromatic heterocycles. The molecule has 0 amide bonds. The van der Waals surface area contributed by atoms with E-state index < -0.39 is 0 Å². The number of fused-ring (bicyclic) bond motifs is 4. The first-order valence-electron chi connectivity index (χ1n) is 15.9. The summed E-state index contributed by atoms with van der Waals surface area (Å²) in [5.74, 6) is 0.732. The van der Waals surface area contributed by atoms with Crippen LogP contribution in [0.25, 0.3) is 83.3 Å². The van der Waals surface area contributed by atoms with Gasteiger partial charge in [-0.25, -0.2) is 9.97 Å². The van der Waals surface area contributed by atoms with Crippen molar-refractivity contribution in [2.75, 3.05) is 0 Å². The molecule has 0 atom stereocenters. The lowest BCUT2D eigenvalue weighted by Gasteiger charge is -2.12. The Balaban J connectivity index is 1.19. The lowest BCUT2D eigenvalue weighted by atomic mass is 9.98. The number of benzene rings is 7. The van der Waals surface area contributed by atoms with Crippen molar-refractivity contribution in [3.8, 4) is 50.6 Å². The Morgan fingerprint density at radius 2 is 0.872 bits per heavy atom. The van der Waals surface area contributed by atoms with Crippen LogP contribution in [-0.4, -0.2) is 14.5 Å². The third-order valence-electron chi connectivity index (χ3n) is 9.01. The van der Waals surface area contributed by atoms with Crippen LogP contribution >= 0.6 is 0 Å². The molecule has 0 spiro atoms. The first kappa shape index (κ1) is 27.0. The predicted octanol–water partition coefficient (Wildman–Crippen LogP) is 11.4. The Bertz CT molecular complexity index is 2530. The summed E-state index contributed by atoms with van der Waals surface area (Å²) in [7, 11) is 0. The second-order valence-electron chi connectivity index (χ2n) is 11.9. The topological polar surface area (TPSA) is 30.7 Å². The zero-order chi connectivity index (χ0) is 31.2. The van der Waals surface area contributed by atoms with Crippen molar-refractivity contribution < 1.29 is 0 Å². The van der Waals surface area contributed by atoms with Gasteiger partial charge in [-0.3, -0.25) is 0 Å². The summed E-state index contributed by atoms with van der Waals surface area (Å²) in [4.78, 5) is 10.1. The van der Waals surface area contributed by atoms with Crippen LogP contribution in [0, 0.1) is 0 Å². The van der Waals surface area contributed by atoms with Crippen molar-refractivity contribution in [2.24, 2.45) is 0 Å². The second-order valence-corrected chi connectivity index (χ2v) is 11.9. The fourth-order valence-electron chi connectivity index (χ4n) is 6.70. The van der Waals surface area contributed by atoms with Gasteiger partial charge in [-0.1, -0.05) is 133 Å². The molecule has 3 nitrogen and oxygen atoms in total. The summed E-state index contributed by atoms with van der Waals surface area (Å²) < 4.78 is 2.37. The van der Waals surface area contributed by atoms with Gasteiger partial charge in [0, 0.05) is 33.0 Å². The molecule has 0 saturated carbocycles. The highest BCUT2D eigenvalue weighted by Gasteiger charge is 2.16. The van der Waals surface area contributed by atoms with Crippen LogP contribution in [0.3, 0.4) is 0 Å². The fourth-order valence-corrected chi connectivity index (χ4v) is 6.70. The van der Waals surface area contributed by atoms with Gasteiger partial charge in [0.15, 0.2) is 5.82 Å². The Morgan fingerprint density at radius 3 is 1.60 bits per heavy atom. The van der Waals surface area contributed by atoms with Crippen LogP contribution in [0.2, 0.25) is 0 Å². The summed E-state index contributed by atoms with van der Waals surface area (Å²) in [6, 6.07) is 62.1. The van der Waals surface area contributed by atoms with E-state index in [9.17, 15) is 0 Å². The maximum absolute atomic E-state index is 5.11. The monoisotopic (exact) mass is 599 g/mol. The average Bonchev–Trinajstić information content (AvgIpc) is 3.49. The molecule has 0 radical (unpaired) electrons. The fraction of sp³-hybridized carbons (Fsp3) is 0. The Labute approximate surface area is 273 Å². The average molecular weight is 600 g/mol. The molecule has 3 heteroatoms. The highest BCUT2D eigenvalue weighted by Crippen LogP contribution is 2.37. The summed E-state index contributed by atoms with van der Waals surface area (Å²) in [6.07, 6.45) is 0. The van der Waals surface area contributed by atoms with E-state index in [0.29, 0.717) is 0 Å². The van der Waals surface area contributed by atoms with Gasteiger partial charge >= 0.3 is 0 Å². The highest BCUT2D eigenvalue weighted by molar-refractivity contribution is 6.10. The summed E-state index contributed by atoms with van der Waals surface area (Å²) in [6.45, 7) is 0. The standard InChI is InChI=1S/C44H29N3/c1-4-12-30(13-5-1)31-20-24-36(25-21-31)47-41-19-11-10-18-37(41)38-28-35(23-27-42(38)47)34-22-26-40-39(29-34)43(32-14-6-2-7-15-32)46-44(45-40)33-16-8-3-9-17-33/h1-29H. The van der Waals surface area contributed by atoms with Crippen LogP contribution < -0.4 is 0 Å². The maximum Gasteiger partial charge on any atom is 0.160 e. The molecule has 9 aromatic rings. The van der Waals surface area contributed by atoms with Crippen molar-refractivity contribution in [3.63, 3.8) is 0 Å². The van der Waals surface area contributed by atoms with Gasteiger partial charge < -0.3 is 4.57 Å². The van der Waals surface area contributed by atoms with E-state index in [4.69, 9.17) is 9.97 Å². The molecular weight excluding hydrogens is 571 g/mol. The highest BCUT2D eigenvalue weighted by atomic mass is 15.0. The van der Waals surface area contributed by atoms with Crippen LogP contribution in [0.1, 0.15) is 0 Å². The second kappa shape index (κ2) is 11.2. The van der Waals surface area contributed by atoms with Gasteiger partial charge in [-0.2, -0.15) is 0 Å². The van der Waals surface area contributed by atoms with Crippen molar-refractivity contribution in [1.82, 2.24) is 14.5 Å². The lowest BCUT2D eigenvalue weighted by Crippen LogP contribution is -1.95. The molecule has 0 saturated heterocycles. The molecule has 9 rings (SSSR count). The minimum Gasteiger partial charge on any atom is -0.309 e. The van der Waals surface area contributed by atoms with Crippen LogP contribution in [0.4, 0.5) is 0 Å². The molecule has 0 aliphatic rings. The number of hydrogen-bond acceptors (Lipinski definition) is 2. The molecule has 2 heterocycles. The zero-order valence-electron chi connectivity index (χ0n) is 25.6. The van der Waals surface area contributed by atoms with E-state index in [2.05, 4.69) is 156 Å². The first-order valence-corrected chi connectivity index (χ1v) is 15.9. The van der Waals surface area contributed by atoms with Gasteiger partial charge in [-0.05, 0) is 64.7 Å². The molecule has 0 N–H and O–H groups in total. The number of para-hydroxylation sites is 1. The number of rotatable bonds is 5. The van der Waals surface area contributed by atoms with Crippen molar-refractivity contribution in [2.45, 2.75) is 0 Å². The number of nitrogens with zero attached hydrogens (tertiary/aromatic N) is 3. The van der Waals surface area contributed by atoms with Crippen molar-refractivity contribution in [3.05, 3.63) is 176 Å². The van der Waals surface area contributed by atoms with Gasteiger partial charge in [0.05, 0.1) is 22.2 Å². The number of aromatic nitrogens is 3. The summed E-state index contributed by atoms with van der Waals surface area (Å²) in [5.41, 5.74) is 12.2. The molecule has 0 fully saturated rings. The lowest BCUT2D eigenvalue weighted by molar-refractivity contribution is 1.18. The normalized spacial score (nSPS) is 11.4. The Morgan fingerprint density at radius 1 is 0.340 bits per heavy atom. The van der Waals surface area contributed by atoms with Gasteiger partial charge in [0.1, 0.15) is 0 Å². The maximum atomic E-state index is 5.11. The molecule has 220 valence electrons. The van der Waals surface area contributed by atoms with Gasteiger partial charge in [-0.15, -0.1) is 0 Å². The molecule has 0 bridgehead atoms. The molecule has 0 aliphatic heterocycles. The molecule has 0 unspecified atom stereocenters. The smallest absolute Gasteiger partial charge is 0.160 e. The Kier molecular flexibility index (Phi) is 6.46. The van der Waals surface area contributed by atoms with E-state index in [1.54, 1.807) is 0 Å². The van der Waals surface area contributed by atoms with Crippen molar-refractivity contribution in [1.29, 1.82) is 0 Å². The van der Waals surface area contributed by atoms with Gasteiger partial charge in [0.2, 0.25) is 0 Å². The quantitative estimate of drug-likeness (QED) is 0.197. The molecule has 7 aromatic carbocycles. The Hall–Kier alpha value is -6.32. The van der Waals surface area contributed by atoms with E-state index >= 15 is 0 Å². The van der Waals surface area contributed by atoms with Crippen LogP contribution in [0.5, 0.6) is 0 Å². The molecule has 47 heavy (non-hydrogen) atoms. The summed E-state index contributed by atoms with van der Waals surface area (Å²) in [5, 5.41) is 3.50. The van der Waals surface area contributed by atoms with E-state index in [1.165, 1.54) is 32.9 Å². The number of hydrogen-bond donors (Lipinski definition) is 0. The predicted molar refractivity (Wildman–Crippen MR) is 196 cm³/mol. The molecule has 0 aliphatic carbocycles. The van der Waals surface area contributed by atoms with E-state index in [0.717, 1.165) is 50.4 Å². The zero-order valence-corrected chi connectivity index (χ0v) is 25.6. The van der Waals surface area contributed by atoms with Crippen LogP contribution in [0.15, 0.2) is 176 Å².